The summed E-state index contributed by atoms with van der Waals surface area (Å²) in [7, 11) is 6.29. The minimum Gasteiger partial charge on any atom is -0.289 e. The van der Waals surface area contributed by atoms with Crippen LogP contribution in [0.15, 0.2) is 96.6 Å². The van der Waals surface area contributed by atoms with Crippen molar-refractivity contribution in [2.24, 2.45) is 0 Å². The van der Waals surface area contributed by atoms with Gasteiger partial charge in [0.2, 0.25) is 0 Å². The number of benzene rings is 3. The lowest BCUT2D eigenvalue weighted by atomic mass is 9.70. The van der Waals surface area contributed by atoms with Gasteiger partial charge in [0.15, 0.2) is 5.78 Å². The molecule has 2 aliphatic rings. The van der Waals surface area contributed by atoms with Crippen molar-refractivity contribution in [1.29, 1.82) is 0 Å². The normalized spacial score (nSPS) is 19.4. The Hall–Kier alpha value is -3.39. The van der Waals surface area contributed by atoms with Gasteiger partial charge in [-0.3, -0.25) is 4.79 Å². The fourth-order valence-electron chi connectivity index (χ4n) is 4.64. The summed E-state index contributed by atoms with van der Waals surface area (Å²) < 4.78 is 0. The first-order valence-corrected chi connectivity index (χ1v) is 10.3. The summed E-state index contributed by atoms with van der Waals surface area (Å²) in [4.78, 5) is 13.6. The number of Topliss-reactive ketones (excluding diaryl/α,β-unsaturated/α-hetero) is 1. The summed E-state index contributed by atoms with van der Waals surface area (Å²) in [5.74, 6) is 0.433. The number of rotatable bonds is 2. The highest BCUT2D eigenvalue weighted by molar-refractivity contribution is 6.43. The minimum atomic E-state index is 0.113. The molecular weight excluding hydrogens is 363 g/mol. The van der Waals surface area contributed by atoms with Crippen LogP contribution in [0.5, 0.6) is 0 Å². The van der Waals surface area contributed by atoms with Crippen LogP contribution in [0.1, 0.15) is 47.1 Å². The van der Waals surface area contributed by atoms with Crippen LogP contribution in [0.4, 0.5) is 0 Å². The minimum absolute atomic E-state index is 0.113. The van der Waals surface area contributed by atoms with E-state index in [4.69, 9.17) is 7.85 Å². The van der Waals surface area contributed by atoms with Crippen LogP contribution in [-0.4, -0.2) is 13.6 Å². The van der Waals surface area contributed by atoms with E-state index in [0.717, 1.165) is 39.8 Å². The summed E-state index contributed by atoms with van der Waals surface area (Å²) in [6.07, 6.45) is 4.50. The third kappa shape index (κ3) is 3.00. The molecule has 3 aromatic rings. The molecule has 0 fully saturated rings. The van der Waals surface area contributed by atoms with Crippen molar-refractivity contribution in [2.75, 3.05) is 0 Å². The van der Waals surface area contributed by atoms with E-state index < -0.39 is 0 Å². The van der Waals surface area contributed by atoms with E-state index in [9.17, 15) is 4.79 Å². The smallest absolute Gasteiger partial charge is 0.190 e. The van der Waals surface area contributed by atoms with E-state index in [-0.39, 0.29) is 5.78 Å². The van der Waals surface area contributed by atoms with Crippen molar-refractivity contribution in [3.63, 3.8) is 0 Å². The summed E-state index contributed by atoms with van der Waals surface area (Å²) in [5, 5.41) is 0. The number of ketones is 1. The molecule has 0 N–H and O–H groups in total. The average Bonchev–Trinajstić information content (AvgIpc) is 2.79. The predicted molar refractivity (Wildman–Crippen MR) is 125 cm³/mol. The Morgan fingerprint density at radius 1 is 0.867 bits per heavy atom. The SMILES string of the molecule is [B]/C(=C/C=C1\C(=O)C2=C(c3ccccc31)c1ccccc1C(C)C2)c1ccccc1. The van der Waals surface area contributed by atoms with Gasteiger partial charge in [-0.1, -0.05) is 103 Å². The Morgan fingerprint density at radius 2 is 1.50 bits per heavy atom. The molecule has 142 valence electrons. The molecule has 0 aromatic heterocycles. The second-order valence-corrected chi connectivity index (χ2v) is 7.99. The molecule has 1 nitrogen and oxygen atoms in total. The fourth-order valence-corrected chi connectivity index (χ4v) is 4.64. The monoisotopic (exact) mass is 384 g/mol. The molecule has 0 saturated heterocycles. The molecule has 0 amide bonds. The molecule has 0 bridgehead atoms. The first-order chi connectivity index (χ1) is 14.6. The largest absolute Gasteiger partial charge is 0.289 e. The molecule has 3 aromatic carbocycles. The topological polar surface area (TPSA) is 17.1 Å². The van der Waals surface area contributed by atoms with Gasteiger partial charge in [-0.15, -0.1) is 0 Å². The maximum absolute atomic E-state index is 13.6. The van der Waals surface area contributed by atoms with Gasteiger partial charge in [-0.2, -0.15) is 0 Å². The van der Waals surface area contributed by atoms with Gasteiger partial charge >= 0.3 is 0 Å². The molecule has 0 saturated carbocycles. The van der Waals surface area contributed by atoms with E-state index in [1.165, 1.54) is 11.1 Å². The molecule has 2 radical (unpaired) electrons. The van der Waals surface area contributed by atoms with E-state index >= 15 is 0 Å². The highest BCUT2D eigenvalue weighted by Crippen LogP contribution is 2.47. The third-order valence-electron chi connectivity index (χ3n) is 6.12. The van der Waals surface area contributed by atoms with Crippen LogP contribution < -0.4 is 0 Å². The van der Waals surface area contributed by atoms with Crippen LogP contribution in [0, 0.1) is 0 Å². The van der Waals surface area contributed by atoms with Crippen LogP contribution in [0.3, 0.4) is 0 Å². The Bertz CT molecular complexity index is 1240. The van der Waals surface area contributed by atoms with E-state index in [1.54, 1.807) is 0 Å². The second-order valence-electron chi connectivity index (χ2n) is 7.99. The predicted octanol–water partition coefficient (Wildman–Crippen LogP) is 6.17. The van der Waals surface area contributed by atoms with Gasteiger partial charge in [-0.25, -0.2) is 0 Å². The number of hydrogen-bond donors (Lipinski definition) is 0. The maximum Gasteiger partial charge on any atom is 0.190 e. The lowest BCUT2D eigenvalue weighted by molar-refractivity contribution is -0.110. The number of fused-ring (bicyclic) bond motifs is 4. The van der Waals surface area contributed by atoms with Crippen molar-refractivity contribution in [1.82, 2.24) is 0 Å². The molecule has 30 heavy (non-hydrogen) atoms. The van der Waals surface area contributed by atoms with E-state index in [2.05, 4.69) is 37.3 Å². The van der Waals surface area contributed by atoms with Gasteiger partial charge in [0.1, 0.15) is 7.85 Å². The van der Waals surface area contributed by atoms with Gasteiger partial charge in [0.05, 0.1) is 0 Å². The Balaban J connectivity index is 1.68. The van der Waals surface area contributed by atoms with Gasteiger partial charge in [0.25, 0.3) is 0 Å². The summed E-state index contributed by atoms with van der Waals surface area (Å²) in [5.41, 5.74) is 8.94. The summed E-state index contributed by atoms with van der Waals surface area (Å²) in [6.45, 7) is 2.20. The molecule has 1 unspecified atom stereocenters. The fraction of sp³-hybridized carbons (Fsp3) is 0.107. The molecule has 2 heteroatoms. The van der Waals surface area contributed by atoms with Crippen molar-refractivity contribution in [3.05, 3.63) is 124 Å². The number of carbonyl (C=O) groups is 1. The van der Waals surface area contributed by atoms with Crippen LogP contribution in [0.2, 0.25) is 0 Å². The van der Waals surface area contributed by atoms with Crippen LogP contribution in [-0.2, 0) is 4.79 Å². The maximum atomic E-state index is 13.6. The summed E-state index contributed by atoms with van der Waals surface area (Å²) in [6, 6.07) is 26.5. The van der Waals surface area contributed by atoms with Crippen molar-refractivity contribution in [3.8, 4) is 0 Å². The lowest BCUT2D eigenvalue weighted by Crippen LogP contribution is -2.21. The van der Waals surface area contributed by atoms with Gasteiger partial charge in [-0.05, 0) is 45.7 Å². The molecule has 0 aliphatic heterocycles. The number of hydrogen-bond acceptors (Lipinski definition) is 1. The zero-order valence-corrected chi connectivity index (χ0v) is 16.9. The van der Waals surface area contributed by atoms with Crippen molar-refractivity contribution >= 4 is 30.2 Å². The Morgan fingerprint density at radius 3 is 2.27 bits per heavy atom. The quantitative estimate of drug-likeness (QED) is 0.381. The average molecular weight is 384 g/mol. The number of carbonyl (C=O) groups excluding carboxylic acids is 1. The Labute approximate surface area is 178 Å². The van der Waals surface area contributed by atoms with Crippen LogP contribution in [0.25, 0.3) is 16.6 Å². The zero-order chi connectivity index (χ0) is 20.7. The molecule has 2 aliphatic carbocycles. The highest BCUT2D eigenvalue weighted by Gasteiger charge is 2.35. The molecule has 0 heterocycles. The molecular formula is C28H21BO. The summed E-state index contributed by atoms with van der Waals surface area (Å²) >= 11 is 0. The first kappa shape index (κ1) is 18.6. The molecule has 5 rings (SSSR count). The van der Waals surface area contributed by atoms with Gasteiger partial charge < -0.3 is 0 Å². The zero-order valence-electron chi connectivity index (χ0n) is 16.9. The van der Waals surface area contributed by atoms with E-state index in [0.29, 0.717) is 11.4 Å². The van der Waals surface area contributed by atoms with Gasteiger partial charge in [0, 0.05) is 11.1 Å². The second kappa shape index (κ2) is 7.46. The molecule has 0 spiro atoms. The lowest BCUT2D eigenvalue weighted by Gasteiger charge is -2.32. The highest BCUT2D eigenvalue weighted by atomic mass is 16.1. The van der Waals surface area contributed by atoms with Crippen LogP contribution >= 0.6 is 0 Å². The Kier molecular flexibility index (Phi) is 4.63. The third-order valence-corrected chi connectivity index (χ3v) is 6.12. The van der Waals surface area contributed by atoms with Crippen molar-refractivity contribution < 1.29 is 4.79 Å². The van der Waals surface area contributed by atoms with E-state index in [1.807, 2.05) is 60.7 Å². The number of allylic oxidation sites excluding steroid dienone is 4. The standard InChI is InChI=1S/C28H21BO/c1-18-17-25-27(22-13-7-5-11-20(18)22)23-14-8-6-12-21(23)24(28(25)30)15-16-26(29)19-9-3-2-4-10-19/h2-16,18H,17H2,1H3/b24-15-,26-16+. The molecule has 1 atom stereocenters. The first-order valence-electron chi connectivity index (χ1n) is 10.3. The van der Waals surface area contributed by atoms with Crippen molar-refractivity contribution in [2.45, 2.75) is 19.3 Å².